The quantitative estimate of drug-likeness (QED) is 0.182. The van der Waals surface area contributed by atoms with Crippen LogP contribution in [0.3, 0.4) is 0 Å². The van der Waals surface area contributed by atoms with Crippen molar-refractivity contribution in [2.75, 3.05) is 0 Å². The van der Waals surface area contributed by atoms with Crippen molar-refractivity contribution in [3.8, 4) is 33.4 Å². The highest BCUT2D eigenvalue weighted by molar-refractivity contribution is 5.86. The second-order valence-electron chi connectivity index (χ2n) is 18.8. The summed E-state index contributed by atoms with van der Waals surface area (Å²) in [5.74, 6) is 1.67. The van der Waals surface area contributed by atoms with E-state index in [4.69, 9.17) is 0 Å². The molecule has 4 aromatic carbocycles. The Kier molecular flexibility index (Phi) is 8.01. The Morgan fingerprint density at radius 1 is 0.349 bits per heavy atom. The molecule has 4 aromatic rings. The van der Waals surface area contributed by atoms with E-state index in [0.29, 0.717) is 23.7 Å². The highest BCUT2D eigenvalue weighted by atomic mass is 14.4. The number of fused-ring (bicyclic) bond motifs is 3. The van der Waals surface area contributed by atoms with Crippen LogP contribution in [0.2, 0.25) is 0 Å². The van der Waals surface area contributed by atoms with Crippen molar-refractivity contribution >= 4 is 12.2 Å². The molecule has 0 radical (unpaired) electrons. The van der Waals surface area contributed by atoms with Crippen molar-refractivity contribution in [1.29, 1.82) is 0 Å². The predicted molar refractivity (Wildman–Crippen MR) is 264 cm³/mol. The lowest BCUT2D eigenvalue weighted by atomic mass is 9.63. The highest BCUT2D eigenvalue weighted by Gasteiger charge is 2.40. The number of hydrogen-bond acceptors (Lipinski definition) is 0. The summed E-state index contributed by atoms with van der Waals surface area (Å²) in [4.78, 5) is 0. The zero-order valence-corrected chi connectivity index (χ0v) is 35.6. The molecular formula is C63H46. The summed E-state index contributed by atoms with van der Waals surface area (Å²) in [6.07, 6.45) is 50.4. The molecule has 0 bridgehead atoms. The smallest absolute Gasteiger partial charge is 0.0205 e. The van der Waals surface area contributed by atoms with Gasteiger partial charge < -0.3 is 0 Å². The van der Waals surface area contributed by atoms with E-state index in [1.165, 1.54) is 111 Å². The van der Waals surface area contributed by atoms with E-state index >= 15 is 0 Å². The van der Waals surface area contributed by atoms with Crippen molar-refractivity contribution in [2.24, 2.45) is 23.7 Å². The fourth-order valence-corrected chi connectivity index (χ4v) is 11.8. The Morgan fingerprint density at radius 2 is 0.730 bits per heavy atom. The van der Waals surface area contributed by atoms with Crippen molar-refractivity contribution in [3.05, 3.63) is 284 Å². The van der Waals surface area contributed by atoms with Gasteiger partial charge in [-0.15, -0.1) is 0 Å². The molecule has 0 spiro atoms. The molecule has 9 aliphatic rings. The molecule has 9 aliphatic carbocycles. The van der Waals surface area contributed by atoms with Gasteiger partial charge in [-0.1, -0.05) is 220 Å². The van der Waals surface area contributed by atoms with Crippen LogP contribution in [-0.4, -0.2) is 0 Å². The molecule has 0 N–H and O–H groups in total. The Morgan fingerprint density at radius 3 is 1.17 bits per heavy atom. The molecule has 0 saturated heterocycles. The van der Waals surface area contributed by atoms with E-state index in [2.05, 4.69) is 232 Å². The van der Waals surface area contributed by atoms with Crippen molar-refractivity contribution in [1.82, 2.24) is 0 Å². The molecule has 0 heteroatoms. The van der Waals surface area contributed by atoms with Crippen molar-refractivity contribution < 1.29 is 0 Å². The Bertz CT molecular complexity index is 3030. The van der Waals surface area contributed by atoms with E-state index in [1.807, 2.05) is 0 Å². The molecule has 63 heavy (non-hydrogen) atoms. The van der Waals surface area contributed by atoms with Gasteiger partial charge in [-0.2, -0.15) is 0 Å². The van der Waals surface area contributed by atoms with Crippen molar-refractivity contribution in [2.45, 2.75) is 19.3 Å². The van der Waals surface area contributed by atoms with Gasteiger partial charge in [0.05, 0.1) is 0 Å². The molecule has 0 heterocycles. The SMILES string of the molecule is CC1(C)c2cc(-c3ccc(/C=C/C4=C5C=CC6=CC=CC7=CC=C(C=C4)C5C67)cc3)ccc2-c2ccc(-c3ccc(/C=C/C4=C5C=CC6=CC=CC7=CC=C(C=C4)C5C67)cc3)cc21. The van der Waals surface area contributed by atoms with E-state index < -0.39 is 0 Å². The van der Waals surface area contributed by atoms with Gasteiger partial charge in [0.2, 0.25) is 0 Å². The molecule has 0 fully saturated rings. The molecule has 298 valence electrons. The molecule has 0 amide bonds. The summed E-state index contributed by atoms with van der Waals surface area (Å²) in [7, 11) is 0. The standard InChI is InChI=1S/C63H46/c1-63(2)57-37-51(41-15-9-39(10-16-41)13-19-43-21-23-49-27-25-45-5-3-7-47-29-33-53(43)61(49)59(45)47)31-35-55(57)56-36-32-52(38-58(56)63)42-17-11-40(12-18-42)14-20-44-22-24-50-28-26-46-6-4-8-48-30-34-54(44)62(50)60(46)48/h3-38,59-62H,1-2H3/b19-13+,20-14+. The highest BCUT2D eigenvalue weighted by Crippen LogP contribution is 2.53. The van der Waals surface area contributed by atoms with Crippen LogP contribution in [0.5, 0.6) is 0 Å². The van der Waals surface area contributed by atoms with E-state index in [0.717, 1.165) is 0 Å². The van der Waals surface area contributed by atoms with Crippen LogP contribution in [0.4, 0.5) is 0 Å². The second kappa shape index (κ2) is 13.9. The minimum atomic E-state index is -0.114. The van der Waals surface area contributed by atoms with Gasteiger partial charge in [-0.25, -0.2) is 0 Å². The van der Waals surface area contributed by atoms with Gasteiger partial charge in [0.15, 0.2) is 0 Å². The lowest BCUT2D eigenvalue weighted by molar-refractivity contribution is 0.561. The van der Waals surface area contributed by atoms with E-state index in [1.54, 1.807) is 0 Å². The van der Waals surface area contributed by atoms with E-state index in [9.17, 15) is 0 Å². The average molecular weight is 803 g/mol. The maximum Gasteiger partial charge on any atom is 0.0205 e. The Balaban J connectivity index is 0.722. The molecular weight excluding hydrogens is 757 g/mol. The summed E-state index contributed by atoms with van der Waals surface area (Å²) in [6.45, 7) is 4.77. The van der Waals surface area contributed by atoms with E-state index in [-0.39, 0.29) is 5.41 Å². The monoisotopic (exact) mass is 802 g/mol. The van der Waals surface area contributed by atoms with Crippen LogP contribution in [0.1, 0.15) is 36.1 Å². The van der Waals surface area contributed by atoms with Gasteiger partial charge >= 0.3 is 0 Å². The minimum absolute atomic E-state index is 0.114. The summed E-state index contributed by atoms with van der Waals surface area (Å²) in [6, 6.07) is 32.3. The van der Waals surface area contributed by atoms with Crippen LogP contribution in [-0.2, 0) is 5.41 Å². The number of allylic oxidation sites excluding steroid dienone is 30. The molecule has 0 aliphatic heterocycles. The zero-order chi connectivity index (χ0) is 41.8. The third kappa shape index (κ3) is 5.74. The molecule has 13 rings (SSSR count). The number of benzene rings is 4. The van der Waals surface area contributed by atoms with Crippen LogP contribution in [0.25, 0.3) is 45.5 Å². The third-order valence-electron chi connectivity index (χ3n) is 15.1. The molecule has 4 unspecified atom stereocenters. The second-order valence-corrected chi connectivity index (χ2v) is 18.8. The largest absolute Gasteiger partial charge is 0.0617 e. The van der Waals surface area contributed by atoms with Crippen LogP contribution in [0.15, 0.2) is 262 Å². The summed E-state index contributed by atoms with van der Waals surface area (Å²) < 4.78 is 0. The number of hydrogen-bond donors (Lipinski definition) is 0. The van der Waals surface area contributed by atoms with Gasteiger partial charge in [0.1, 0.15) is 0 Å². The lowest BCUT2D eigenvalue weighted by Gasteiger charge is -2.40. The Hall–Kier alpha value is -7.28. The summed E-state index contributed by atoms with van der Waals surface area (Å²) >= 11 is 0. The first-order chi connectivity index (χ1) is 30.9. The molecule has 0 aromatic heterocycles. The molecule has 0 saturated carbocycles. The fraction of sp³-hybridized carbons (Fsp3) is 0.111. The van der Waals surface area contributed by atoms with Crippen LogP contribution in [0, 0.1) is 23.7 Å². The first-order valence-corrected chi connectivity index (χ1v) is 22.6. The predicted octanol–water partition coefficient (Wildman–Crippen LogP) is 15.4. The van der Waals surface area contributed by atoms with Gasteiger partial charge in [0.25, 0.3) is 0 Å². The fourth-order valence-electron chi connectivity index (χ4n) is 11.8. The third-order valence-corrected chi connectivity index (χ3v) is 15.1. The topological polar surface area (TPSA) is 0 Å². The van der Waals surface area contributed by atoms with Gasteiger partial charge in [-0.05, 0) is 123 Å². The maximum atomic E-state index is 2.43. The Labute approximate surface area is 371 Å². The normalized spacial score (nSPS) is 24.4. The first-order valence-electron chi connectivity index (χ1n) is 22.6. The lowest BCUT2D eigenvalue weighted by Crippen LogP contribution is -2.29. The van der Waals surface area contributed by atoms with Gasteiger partial charge in [-0.3, -0.25) is 0 Å². The number of rotatable bonds is 6. The first kappa shape index (κ1) is 36.4. The maximum absolute atomic E-state index is 2.43. The minimum Gasteiger partial charge on any atom is -0.0617 e. The van der Waals surface area contributed by atoms with Crippen LogP contribution >= 0.6 is 0 Å². The van der Waals surface area contributed by atoms with Crippen molar-refractivity contribution in [3.63, 3.8) is 0 Å². The molecule has 0 nitrogen and oxygen atoms in total. The summed E-state index contributed by atoms with van der Waals surface area (Å²) in [5.41, 5.74) is 26.8. The summed E-state index contributed by atoms with van der Waals surface area (Å²) in [5, 5.41) is 0. The average Bonchev–Trinajstić information content (AvgIpc) is 3.56. The van der Waals surface area contributed by atoms with Gasteiger partial charge in [0, 0.05) is 29.1 Å². The zero-order valence-electron chi connectivity index (χ0n) is 35.6. The molecule has 4 atom stereocenters. The van der Waals surface area contributed by atoms with Crippen LogP contribution < -0.4 is 0 Å².